The van der Waals surface area contributed by atoms with Gasteiger partial charge in [-0.3, -0.25) is 19.2 Å². The number of amides is 3. The number of hydrogen-bond donors (Lipinski definition) is 3. The van der Waals surface area contributed by atoms with Gasteiger partial charge in [0.25, 0.3) is 5.91 Å². The van der Waals surface area contributed by atoms with E-state index in [0.717, 1.165) is 6.07 Å². The van der Waals surface area contributed by atoms with Crippen molar-refractivity contribution >= 4 is 40.1 Å². The molecule has 3 aromatic rings. The number of hydrogen-bond acceptors (Lipinski definition) is 5. The lowest BCUT2D eigenvalue weighted by molar-refractivity contribution is -0.152. The summed E-state index contributed by atoms with van der Waals surface area (Å²) in [5.41, 5.74) is -0.333. The highest BCUT2D eigenvalue weighted by Crippen LogP contribution is 2.30. The van der Waals surface area contributed by atoms with Gasteiger partial charge in [0.2, 0.25) is 17.6 Å². The summed E-state index contributed by atoms with van der Waals surface area (Å²) in [5.74, 6) is -2.85. The average Bonchev–Trinajstić information content (AvgIpc) is 2.88. The number of benzene rings is 2. The number of para-hydroxylation sites is 1. The van der Waals surface area contributed by atoms with Gasteiger partial charge in [0, 0.05) is 18.2 Å². The summed E-state index contributed by atoms with van der Waals surface area (Å²) in [7, 11) is 0. The number of alkyl halides is 3. The maximum absolute atomic E-state index is 12.8. The molecule has 11 heteroatoms. The second-order valence-corrected chi connectivity index (χ2v) is 7.33. The number of carbonyl (C=O) groups excluding carboxylic acids is 3. The average molecular weight is 459 g/mol. The van der Waals surface area contributed by atoms with Gasteiger partial charge in [0.05, 0.1) is 16.6 Å². The van der Waals surface area contributed by atoms with Crippen LogP contribution >= 0.6 is 0 Å². The lowest BCUT2D eigenvalue weighted by Gasteiger charge is -2.14. The molecule has 4 rings (SSSR count). The minimum absolute atomic E-state index is 0.00204. The minimum atomic E-state index is -4.80. The highest BCUT2D eigenvalue weighted by molar-refractivity contribution is 6.10. The van der Waals surface area contributed by atoms with E-state index in [1.165, 1.54) is 12.1 Å². The van der Waals surface area contributed by atoms with Crippen LogP contribution in [0.3, 0.4) is 0 Å². The van der Waals surface area contributed by atoms with Crippen LogP contribution < -0.4 is 21.4 Å². The number of nitrogens with one attached hydrogen (secondary N) is 3. The van der Waals surface area contributed by atoms with Crippen LogP contribution in [-0.4, -0.2) is 23.8 Å². The van der Waals surface area contributed by atoms with Crippen LogP contribution in [0.4, 0.5) is 24.5 Å². The number of halogens is 3. The summed E-state index contributed by atoms with van der Waals surface area (Å²) in [6.07, 6.45) is -4.95. The zero-order chi connectivity index (χ0) is 23.8. The van der Waals surface area contributed by atoms with E-state index >= 15 is 0 Å². The summed E-state index contributed by atoms with van der Waals surface area (Å²) in [6.45, 7) is 0. The highest BCUT2D eigenvalue weighted by atomic mass is 19.4. The predicted octanol–water partition coefficient (Wildman–Crippen LogP) is 3.28. The molecule has 1 aliphatic heterocycles. The molecule has 1 aliphatic rings. The summed E-state index contributed by atoms with van der Waals surface area (Å²) in [4.78, 5) is 49.1. The molecular formula is C22H16F3N3O5. The maximum Gasteiger partial charge on any atom is 0.449 e. The van der Waals surface area contributed by atoms with E-state index in [-0.39, 0.29) is 29.5 Å². The van der Waals surface area contributed by atoms with Crippen LogP contribution in [0.15, 0.2) is 57.7 Å². The van der Waals surface area contributed by atoms with Gasteiger partial charge < -0.3 is 20.4 Å². The molecule has 0 radical (unpaired) electrons. The fourth-order valence-corrected chi connectivity index (χ4v) is 3.39. The van der Waals surface area contributed by atoms with Gasteiger partial charge >= 0.3 is 6.18 Å². The maximum atomic E-state index is 12.8. The molecule has 0 bridgehead atoms. The molecule has 1 aromatic heterocycles. The largest absolute Gasteiger partial charge is 0.451 e. The molecule has 8 nitrogen and oxygen atoms in total. The third-order valence-corrected chi connectivity index (χ3v) is 5.00. The standard InChI is InChI=1S/C22H16F3N3O5/c23-22(24,25)18-10-16(29)13-9-11(5-7-17(13)33-18)26-19(30)8-6-15-21(32)27-14-4-2-1-3-12(14)20(31)28-15/h1-5,7,9-10,15H,6,8H2,(H,26,30)(H,27,32)(H,28,31). The van der Waals surface area contributed by atoms with Crippen LogP contribution in [0.5, 0.6) is 0 Å². The molecule has 170 valence electrons. The quantitative estimate of drug-likeness (QED) is 0.554. The molecule has 3 N–H and O–H groups in total. The Kier molecular flexibility index (Phi) is 5.62. The first kappa shape index (κ1) is 22.1. The van der Waals surface area contributed by atoms with E-state index < -0.39 is 41.1 Å². The van der Waals surface area contributed by atoms with Crippen molar-refractivity contribution in [1.82, 2.24) is 5.32 Å². The van der Waals surface area contributed by atoms with Gasteiger partial charge in [-0.2, -0.15) is 13.2 Å². The Labute approximate surface area is 183 Å². The summed E-state index contributed by atoms with van der Waals surface area (Å²) >= 11 is 0. The van der Waals surface area contributed by atoms with Gasteiger partial charge in [-0.15, -0.1) is 0 Å². The van der Waals surface area contributed by atoms with E-state index in [2.05, 4.69) is 16.0 Å². The summed E-state index contributed by atoms with van der Waals surface area (Å²) in [5, 5.41) is 7.60. The summed E-state index contributed by atoms with van der Waals surface area (Å²) in [6, 6.07) is 9.54. The van der Waals surface area contributed by atoms with E-state index in [4.69, 9.17) is 4.42 Å². The van der Waals surface area contributed by atoms with Crippen molar-refractivity contribution in [2.24, 2.45) is 0 Å². The van der Waals surface area contributed by atoms with E-state index in [1.54, 1.807) is 24.3 Å². The Bertz CT molecular complexity index is 1330. The molecule has 0 fully saturated rings. The smallest absolute Gasteiger partial charge is 0.449 e. The van der Waals surface area contributed by atoms with Crippen molar-refractivity contribution in [2.75, 3.05) is 10.6 Å². The molecule has 3 amide bonds. The van der Waals surface area contributed by atoms with Crippen LogP contribution in [0.25, 0.3) is 11.0 Å². The van der Waals surface area contributed by atoms with Gasteiger partial charge in [-0.25, -0.2) is 0 Å². The van der Waals surface area contributed by atoms with Crippen LogP contribution in [0.1, 0.15) is 29.0 Å². The lowest BCUT2D eigenvalue weighted by atomic mass is 10.1. The van der Waals surface area contributed by atoms with Crippen molar-refractivity contribution in [3.05, 3.63) is 70.1 Å². The first-order valence-electron chi connectivity index (χ1n) is 9.77. The van der Waals surface area contributed by atoms with Crippen molar-refractivity contribution in [1.29, 1.82) is 0 Å². The Morgan fingerprint density at radius 2 is 1.82 bits per heavy atom. The van der Waals surface area contributed by atoms with Gasteiger partial charge in [-0.05, 0) is 36.8 Å². The Morgan fingerprint density at radius 3 is 2.58 bits per heavy atom. The number of anilines is 2. The third kappa shape index (κ3) is 4.71. The topological polar surface area (TPSA) is 118 Å². The van der Waals surface area contributed by atoms with Gasteiger partial charge in [-0.1, -0.05) is 12.1 Å². The third-order valence-electron chi connectivity index (χ3n) is 5.00. The summed E-state index contributed by atoms with van der Waals surface area (Å²) < 4.78 is 43.1. The molecule has 33 heavy (non-hydrogen) atoms. The predicted molar refractivity (Wildman–Crippen MR) is 112 cm³/mol. The van der Waals surface area contributed by atoms with Gasteiger partial charge in [0.15, 0.2) is 5.43 Å². The SMILES string of the molecule is O=C(CCC1NC(=O)c2ccccc2NC1=O)Nc1ccc2oc(C(F)(F)F)cc(=O)c2c1. The Morgan fingerprint density at radius 1 is 1.06 bits per heavy atom. The molecule has 0 saturated heterocycles. The zero-order valence-corrected chi connectivity index (χ0v) is 16.8. The molecule has 0 saturated carbocycles. The fourth-order valence-electron chi connectivity index (χ4n) is 3.39. The number of fused-ring (bicyclic) bond motifs is 2. The minimum Gasteiger partial charge on any atom is -0.451 e. The molecule has 1 atom stereocenters. The molecular weight excluding hydrogens is 443 g/mol. The van der Waals surface area contributed by atoms with Crippen molar-refractivity contribution in [3.8, 4) is 0 Å². The van der Waals surface area contributed by atoms with Crippen molar-refractivity contribution < 1.29 is 32.0 Å². The molecule has 0 spiro atoms. The highest BCUT2D eigenvalue weighted by Gasteiger charge is 2.35. The first-order chi connectivity index (χ1) is 15.6. The van der Waals surface area contributed by atoms with Crippen LogP contribution in [-0.2, 0) is 15.8 Å². The first-order valence-corrected chi connectivity index (χ1v) is 9.77. The second kappa shape index (κ2) is 8.41. The van der Waals surface area contributed by atoms with Gasteiger partial charge in [0.1, 0.15) is 11.6 Å². The van der Waals surface area contributed by atoms with Crippen LogP contribution in [0, 0.1) is 0 Å². The van der Waals surface area contributed by atoms with E-state index in [1.807, 2.05) is 0 Å². The van der Waals surface area contributed by atoms with E-state index in [0.29, 0.717) is 17.3 Å². The Hall–Kier alpha value is -4.15. The molecule has 2 aromatic carbocycles. The number of carbonyl (C=O) groups is 3. The Balaban J connectivity index is 1.43. The monoisotopic (exact) mass is 459 g/mol. The molecule has 1 unspecified atom stereocenters. The molecule has 0 aliphatic carbocycles. The fraction of sp³-hybridized carbons (Fsp3) is 0.182. The van der Waals surface area contributed by atoms with E-state index in [9.17, 15) is 32.3 Å². The second-order valence-electron chi connectivity index (χ2n) is 7.33. The normalized spacial score (nSPS) is 15.9. The lowest BCUT2D eigenvalue weighted by Crippen LogP contribution is -2.41. The zero-order valence-electron chi connectivity index (χ0n) is 16.8. The number of rotatable bonds is 4. The van der Waals surface area contributed by atoms with Crippen molar-refractivity contribution in [2.45, 2.75) is 25.1 Å². The van der Waals surface area contributed by atoms with Crippen LogP contribution in [0.2, 0.25) is 0 Å². The molecule has 2 heterocycles. The van der Waals surface area contributed by atoms with Crippen molar-refractivity contribution in [3.63, 3.8) is 0 Å².